The van der Waals surface area contributed by atoms with Gasteiger partial charge in [-0.1, -0.05) is 146 Å². The van der Waals surface area contributed by atoms with Crippen molar-refractivity contribution in [2.24, 2.45) is 0 Å². The second-order valence-electron chi connectivity index (χ2n) is 13.4. The third-order valence-electron chi connectivity index (χ3n) is 10.3. The molecule has 0 saturated heterocycles. The molecule has 0 fully saturated rings. The van der Waals surface area contributed by atoms with Crippen LogP contribution in [0.25, 0.3) is 71.3 Å². The Kier molecular flexibility index (Phi) is 7.18. The standard InChI is InChI=1S/C50H34N2/c1-3-13-35(14-4-1)39-17-11-20-43(33-39)51(49-24-12-16-38-26-25-37-15-7-8-21-44(37)50(38)49)42-30-27-36(28-31-42)40-29-32-48-46(34-40)45-22-9-10-23-47(45)52(48)41-18-5-2-6-19-41/h1-34H. The lowest BCUT2D eigenvalue weighted by Crippen LogP contribution is -2.10. The van der Waals surface area contributed by atoms with Gasteiger partial charge in [-0.15, -0.1) is 0 Å². The van der Waals surface area contributed by atoms with Gasteiger partial charge < -0.3 is 9.47 Å². The van der Waals surface area contributed by atoms with Gasteiger partial charge in [0.15, 0.2) is 0 Å². The van der Waals surface area contributed by atoms with Crippen LogP contribution in [0.2, 0.25) is 0 Å². The minimum atomic E-state index is 1.11. The zero-order valence-electron chi connectivity index (χ0n) is 28.5. The zero-order chi connectivity index (χ0) is 34.4. The fourth-order valence-electron chi connectivity index (χ4n) is 7.92. The number of benzene rings is 9. The summed E-state index contributed by atoms with van der Waals surface area (Å²) in [7, 11) is 0. The lowest BCUT2D eigenvalue weighted by Gasteiger charge is -2.28. The summed E-state index contributed by atoms with van der Waals surface area (Å²) in [6.45, 7) is 0. The van der Waals surface area contributed by atoms with Crippen LogP contribution in [-0.4, -0.2) is 4.57 Å². The molecular weight excluding hydrogens is 629 g/mol. The highest BCUT2D eigenvalue weighted by atomic mass is 15.1. The van der Waals surface area contributed by atoms with Crippen molar-refractivity contribution in [1.82, 2.24) is 4.57 Å². The summed E-state index contributed by atoms with van der Waals surface area (Å²) >= 11 is 0. The summed E-state index contributed by atoms with van der Waals surface area (Å²) < 4.78 is 2.37. The molecule has 244 valence electrons. The van der Waals surface area contributed by atoms with Crippen molar-refractivity contribution in [2.45, 2.75) is 0 Å². The Bertz CT molecular complexity index is 2890. The molecule has 1 aromatic heterocycles. The van der Waals surface area contributed by atoms with E-state index >= 15 is 0 Å². The van der Waals surface area contributed by atoms with E-state index in [1.807, 2.05) is 0 Å². The molecule has 2 nitrogen and oxygen atoms in total. The van der Waals surface area contributed by atoms with Crippen LogP contribution in [-0.2, 0) is 0 Å². The quantitative estimate of drug-likeness (QED) is 0.161. The number of para-hydroxylation sites is 2. The molecule has 0 saturated carbocycles. The summed E-state index contributed by atoms with van der Waals surface area (Å²) in [6.07, 6.45) is 0. The van der Waals surface area contributed by atoms with Gasteiger partial charge in [-0.05, 0) is 99.1 Å². The molecule has 0 radical (unpaired) electrons. The van der Waals surface area contributed by atoms with Gasteiger partial charge in [0.05, 0.1) is 16.7 Å². The van der Waals surface area contributed by atoms with Crippen molar-refractivity contribution in [1.29, 1.82) is 0 Å². The molecule has 0 aliphatic rings. The van der Waals surface area contributed by atoms with Gasteiger partial charge >= 0.3 is 0 Å². The molecule has 10 rings (SSSR count). The van der Waals surface area contributed by atoms with Gasteiger partial charge in [0.25, 0.3) is 0 Å². The first-order valence-electron chi connectivity index (χ1n) is 17.9. The van der Waals surface area contributed by atoms with Crippen LogP contribution in [0, 0.1) is 0 Å². The van der Waals surface area contributed by atoms with E-state index in [1.165, 1.54) is 71.3 Å². The van der Waals surface area contributed by atoms with Gasteiger partial charge in [-0.25, -0.2) is 0 Å². The molecule has 2 heteroatoms. The van der Waals surface area contributed by atoms with Crippen molar-refractivity contribution in [2.75, 3.05) is 4.90 Å². The van der Waals surface area contributed by atoms with Crippen LogP contribution >= 0.6 is 0 Å². The fraction of sp³-hybridized carbons (Fsp3) is 0. The number of anilines is 3. The second-order valence-corrected chi connectivity index (χ2v) is 13.4. The highest BCUT2D eigenvalue weighted by Gasteiger charge is 2.18. The van der Waals surface area contributed by atoms with E-state index < -0.39 is 0 Å². The van der Waals surface area contributed by atoms with Crippen molar-refractivity contribution >= 4 is 60.4 Å². The molecule has 0 aliphatic heterocycles. The topological polar surface area (TPSA) is 8.17 Å². The molecule has 0 aliphatic carbocycles. The fourth-order valence-corrected chi connectivity index (χ4v) is 7.92. The van der Waals surface area contributed by atoms with Crippen molar-refractivity contribution < 1.29 is 0 Å². The molecule has 10 aromatic rings. The molecule has 0 bridgehead atoms. The van der Waals surface area contributed by atoms with Gasteiger partial charge in [-0.3, -0.25) is 0 Å². The SMILES string of the molecule is c1ccc(-c2cccc(N(c3ccc(-c4ccc5c(c4)c4ccccc4n5-c4ccccc4)cc3)c3cccc4ccc5ccccc5c34)c2)cc1. The predicted molar refractivity (Wildman–Crippen MR) is 221 cm³/mol. The highest BCUT2D eigenvalue weighted by molar-refractivity contribution is 6.15. The lowest BCUT2D eigenvalue weighted by molar-refractivity contribution is 1.18. The van der Waals surface area contributed by atoms with E-state index in [0.717, 1.165) is 17.1 Å². The van der Waals surface area contributed by atoms with Crippen molar-refractivity contribution in [3.05, 3.63) is 206 Å². The van der Waals surface area contributed by atoms with E-state index in [9.17, 15) is 0 Å². The summed E-state index contributed by atoms with van der Waals surface area (Å²) in [4.78, 5) is 2.42. The highest BCUT2D eigenvalue weighted by Crippen LogP contribution is 2.43. The summed E-state index contributed by atoms with van der Waals surface area (Å²) in [5.74, 6) is 0. The average Bonchev–Trinajstić information content (AvgIpc) is 3.56. The summed E-state index contributed by atoms with van der Waals surface area (Å²) in [5.41, 5.74) is 11.7. The van der Waals surface area contributed by atoms with Crippen molar-refractivity contribution in [3.63, 3.8) is 0 Å². The predicted octanol–water partition coefficient (Wildman–Crippen LogP) is 13.9. The van der Waals surface area contributed by atoms with Crippen LogP contribution in [0.3, 0.4) is 0 Å². The maximum absolute atomic E-state index is 2.42. The molecule has 0 unspecified atom stereocenters. The first-order valence-corrected chi connectivity index (χ1v) is 17.9. The number of rotatable bonds is 6. The van der Waals surface area contributed by atoms with Crippen LogP contribution in [0.5, 0.6) is 0 Å². The first kappa shape index (κ1) is 30.0. The minimum absolute atomic E-state index is 1.11. The number of nitrogens with zero attached hydrogens (tertiary/aromatic N) is 2. The summed E-state index contributed by atoms with van der Waals surface area (Å²) in [6, 6.07) is 74.7. The maximum Gasteiger partial charge on any atom is 0.0546 e. The van der Waals surface area contributed by atoms with E-state index in [4.69, 9.17) is 0 Å². The van der Waals surface area contributed by atoms with E-state index in [-0.39, 0.29) is 0 Å². The number of aromatic nitrogens is 1. The number of hydrogen-bond donors (Lipinski definition) is 0. The normalized spacial score (nSPS) is 11.5. The molecule has 0 N–H and O–H groups in total. The second kappa shape index (κ2) is 12.5. The van der Waals surface area contributed by atoms with Crippen molar-refractivity contribution in [3.8, 4) is 27.9 Å². The van der Waals surface area contributed by atoms with E-state index in [1.54, 1.807) is 0 Å². The molecule has 52 heavy (non-hydrogen) atoms. The molecule has 0 spiro atoms. The lowest BCUT2D eigenvalue weighted by atomic mass is 9.98. The zero-order valence-corrected chi connectivity index (χ0v) is 28.5. The smallest absolute Gasteiger partial charge is 0.0546 e. The van der Waals surface area contributed by atoms with E-state index in [2.05, 4.69) is 216 Å². The molecule has 1 heterocycles. The summed E-state index contributed by atoms with van der Waals surface area (Å²) in [5, 5.41) is 7.46. The van der Waals surface area contributed by atoms with Crippen LogP contribution in [0.1, 0.15) is 0 Å². The Morgan fingerprint density at radius 3 is 1.77 bits per heavy atom. The largest absolute Gasteiger partial charge is 0.310 e. The molecule has 0 amide bonds. The Morgan fingerprint density at radius 1 is 0.327 bits per heavy atom. The number of fused-ring (bicyclic) bond motifs is 6. The Hall–Kier alpha value is -6.90. The van der Waals surface area contributed by atoms with Crippen LogP contribution in [0.15, 0.2) is 206 Å². The Labute approximate surface area is 303 Å². The average molecular weight is 663 g/mol. The van der Waals surface area contributed by atoms with Crippen LogP contribution < -0.4 is 4.90 Å². The van der Waals surface area contributed by atoms with Gasteiger partial charge in [-0.2, -0.15) is 0 Å². The monoisotopic (exact) mass is 662 g/mol. The van der Waals surface area contributed by atoms with Gasteiger partial charge in [0, 0.05) is 33.2 Å². The third-order valence-corrected chi connectivity index (χ3v) is 10.3. The Morgan fingerprint density at radius 2 is 0.923 bits per heavy atom. The maximum atomic E-state index is 2.42. The Balaban J connectivity index is 1.13. The number of hydrogen-bond acceptors (Lipinski definition) is 1. The molecule has 0 atom stereocenters. The first-order chi connectivity index (χ1) is 25.8. The van der Waals surface area contributed by atoms with E-state index in [0.29, 0.717) is 0 Å². The minimum Gasteiger partial charge on any atom is -0.310 e. The third kappa shape index (κ3) is 5.04. The van der Waals surface area contributed by atoms with Crippen LogP contribution in [0.4, 0.5) is 17.1 Å². The molecule has 9 aromatic carbocycles. The van der Waals surface area contributed by atoms with Gasteiger partial charge in [0.2, 0.25) is 0 Å². The molecular formula is C50H34N2. The van der Waals surface area contributed by atoms with Gasteiger partial charge in [0.1, 0.15) is 0 Å².